The van der Waals surface area contributed by atoms with Crippen molar-refractivity contribution in [2.75, 3.05) is 40.3 Å². The van der Waals surface area contributed by atoms with E-state index in [9.17, 15) is 14.7 Å². The summed E-state index contributed by atoms with van der Waals surface area (Å²) in [7, 11) is 3.45. The molecule has 0 unspecified atom stereocenters. The number of carbonyl (C=O) groups excluding carboxylic acids is 2. The van der Waals surface area contributed by atoms with Crippen LogP contribution in [0, 0.1) is 0 Å². The largest absolute Gasteiger partial charge is 0.390 e. The molecule has 0 aromatic heterocycles. The number of hydrogen-bond donors (Lipinski definition) is 2. The zero-order valence-corrected chi connectivity index (χ0v) is 15.5. The molecule has 1 aromatic rings. The maximum absolute atomic E-state index is 12.4. The predicted octanol–water partition coefficient (Wildman–Crippen LogP) is -0.358. The number of carbonyl (C=O) groups is 2. The number of aliphatic hydroxyl groups excluding tert-OH is 1. The first-order valence-electron chi connectivity index (χ1n) is 9.11. The Morgan fingerprint density at radius 1 is 1.15 bits per heavy atom. The molecule has 2 aliphatic rings. The predicted molar refractivity (Wildman–Crippen MR) is 98.2 cm³/mol. The smallest absolute Gasteiger partial charge is 0.236 e. The molecule has 26 heavy (non-hydrogen) atoms. The van der Waals surface area contributed by atoms with Crippen LogP contribution in [0.15, 0.2) is 24.3 Å². The molecule has 0 spiro atoms. The van der Waals surface area contributed by atoms with Gasteiger partial charge in [0.15, 0.2) is 0 Å². The Hall–Kier alpha value is -1.96. The van der Waals surface area contributed by atoms with Crippen molar-refractivity contribution >= 4 is 11.8 Å². The molecule has 2 N–H and O–H groups in total. The molecule has 0 saturated carbocycles. The third-order valence-corrected chi connectivity index (χ3v) is 5.14. The molecule has 2 atom stereocenters. The van der Waals surface area contributed by atoms with Crippen LogP contribution >= 0.6 is 0 Å². The van der Waals surface area contributed by atoms with E-state index in [1.807, 2.05) is 17.0 Å². The van der Waals surface area contributed by atoms with Crippen molar-refractivity contribution in [3.8, 4) is 0 Å². The first-order chi connectivity index (χ1) is 12.4. The number of nitrogens with one attached hydrogen (secondary N) is 1. The first-order valence-corrected chi connectivity index (χ1v) is 9.11. The quantitative estimate of drug-likeness (QED) is 0.750. The number of nitrogens with zero attached hydrogens (tertiary/aromatic N) is 3. The van der Waals surface area contributed by atoms with Crippen LogP contribution in [0.4, 0.5) is 0 Å². The van der Waals surface area contributed by atoms with Gasteiger partial charge in [-0.2, -0.15) is 0 Å². The molecular weight excluding hydrogens is 332 g/mol. The van der Waals surface area contributed by atoms with Crippen molar-refractivity contribution in [1.29, 1.82) is 0 Å². The van der Waals surface area contributed by atoms with Crippen LogP contribution in [0.25, 0.3) is 0 Å². The highest BCUT2D eigenvalue weighted by molar-refractivity contribution is 5.79. The van der Waals surface area contributed by atoms with E-state index in [0.717, 1.165) is 13.1 Å². The second-order valence-corrected chi connectivity index (χ2v) is 7.47. The van der Waals surface area contributed by atoms with Crippen molar-refractivity contribution in [2.24, 2.45) is 0 Å². The van der Waals surface area contributed by atoms with Crippen LogP contribution in [0.1, 0.15) is 17.5 Å². The van der Waals surface area contributed by atoms with Crippen LogP contribution in [0.5, 0.6) is 0 Å². The van der Waals surface area contributed by atoms with Crippen molar-refractivity contribution in [2.45, 2.75) is 31.7 Å². The third kappa shape index (κ3) is 4.60. The fraction of sp³-hybridized carbons (Fsp3) is 0.579. The Balaban J connectivity index is 1.43. The molecular formula is C19H28N4O3. The van der Waals surface area contributed by atoms with Gasteiger partial charge in [0.05, 0.1) is 25.2 Å². The topological polar surface area (TPSA) is 76.1 Å². The number of likely N-dealkylation sites (tertiary alicyclic amines) is 1. The molecule has 2 amide bonds. The molecule has 7 heteroatoms. The fourth-order valence-corrected chi connectivity index (χ4v) is 3.61. The number of fused-ring (bicyclic) bond motifs is 1. The van der Waals surface area contributed by atoms with E-state index >= 15 is 0 Å². The van der Waals surface area contributed by atoms with E-state index in [4.69, 9.17) is 0 Å². The van der Waals surface area contributed by atoms with Gasteiger partial charge in [0.1, 0.15) is 0 Å². The molecule has 7 nitrogen and oxygen atoms in total. The third-order valence-electron chi connectivity index (χ3n) is 5.14. The van der Waals surface area contributed by atoms with E-state index in [1.54, 1.807) is 19.0 Å². The Morgan fingerprint density at radius 2 is 1.81 bits per heavy atom. The van der Waals surface area contributed by atoms with Gasteiger partial charge in [-0.15, -0.1) is 0 Å². The van der Waals surface area contributed by atoms with E-state index < -0.39 is 6.10 Å². The average molecular weight is 360 g/mol. The summed E-state index contributed by atoms with van der Waals surface area (Å²) in [6.07, 6.45) is -0.00756. The highest BCUT2D eigenvalue weighted by atomic mass is 16.3. The molecule has 2 aliphatic heterocycles. The number of rotatable bonds is 5. The lowest BCUT2D eigenvalue weighted by atomic mass is 10.0. The summed E-state index contributed by atoms with van der Waals surface area (Å²) in [5, 5.41) is 13.3. The van der Waals surface area contributed by atoms with Gasteiger partial charge in [-0.05, 0) is 17.5 Å². The highest BCUT2D eigenvalue weighted by Gasteiger charge is 2.30. The van der Waals surface area contributed by atoms with E-state index in [0.29, 0.717) is 32.6 Å². The number of hydrogen-bond acceptors (Lipinski definition) is 5. The lowest BCUT2D eigenvalue weighted by Crippen LogP contribution is -2.56. The molecule has 1 saturated heterocycles. The molecule has 1 aromatic carbocycles. The average Bonchev–Trinajstić information content (AvgIpc) is 2.99. The molecule has 142 valence electrons. The summed E-state index contributed by atoms with van der Waals surface area (Å²) in [5.74, 6) is -0.0343. The van der Waals surface area contributed by atoms with E-state index in [1.165, 1.54) is 11.1 Å². The minimum atomic E-state index is -0.654. The molecule has 0 radical (unpaired) electrons. The zero-order valence-electron chi connectivity index (χ0n) is 15.5. The summed E-state index contributed by atoms with van der Waals surface area (Å²) in [6.45, 7) is 3.31. The van der Waals surface area contributed by atoms with Gasteiger partial charge in [-0.3, -0.25) is 19.4 Å². The Kier molecular flexibility index (Phi) is 5.90. The zero-order chi connectivity index (χ0) is 18.7. The van der Waals surface area contributed by atoms with Crippen molar-refractivity contribution in [3.63, 3.8) is 0 Å². The normalized spacial score (nSPS) is 23.5. The molecule has 0 aliphatic carbocycles. The van der Waals surface area contributed by atoms with Gasteiger partial charge in [0.2, 0.25) is 11.8 Å². The molecule has 3 rings (SSSR count). The van der Waals surface area contributed by atoms with Crippen LogP contribution < -0.4 is 5.32 Å². The molecule has 1 fully saturated rings. The molecule has 2 heterocycles. The van der Waals surface area contributed by atoms with Crippen molar-refractivity contribution < 1.29 is 14.7 Å². The maximum atomic E-state index is 12.4. The Morgan fingerprint density at radius 3 is 2.38 bits per heavy atom. The first kappa shape index (κ1) is 18.8. The van der Waals surface area contributed by atoms with Gasteiger partial charge >= 0.3 is 0 Å². The number of β-amino-alcohol motifs (C(OH)–C–C–N with tert-alkyl or cyclic N) is 1. The summed E-state index contributed by atoms with van der Waals surface area (Å²) >= 11 is 0. The lowest BCUT2D eigenvalue weighted by Gasteiger charge is -2.36. The molecule has 0 bridgehead atoms. The van der Waals surface area contributed by atoms with Gasteiger partial charge < -0.3 is 15.3 Å². The van der Waals surface area contributed by atoms with Crippen molar-refractivity contribution in [1.82, 2.24) is 20.0 Å². The lowest BCUT2D eigenvalue weighted by molar-refractivity contribution is -0.131. The Bertz CT molecular complexity index is 639. The number of likely N-dealkylation sites (N-methyl/N-ethyl adjacent to an activating group) is 1. The SMILES string of the molecule is CN(C)C(=O)CN1CC[C@@H](NC(=O)CN2Cc3ccccc3C2)[C@H](O)C1. The standard InChI is InChI=1S/C19H28N4O3/c1-21(2)19(26)13-22-8-7-16(17(24)11-22)20-18(25)12-23-9-14-5-3-4-6-15(14)10-23/h3-6,16-17,24H,7-13H2,1-2H3,(H,20,25)/t16-,17-/m1/s1. The second kappa shape index (κ2) is 8.16. The van der Waals surface area contributed by atoms with E-state index in [2.05, 4.69) is 22.3 Å². The minimum absolute atomic E-state index is 0.0216. The summed E-state index contributed by atoms with van der Waals surface area (Å²) in [5.41, 5.74) is 2.55. The Labute approximate surface area is 154 Å². The minimum Gasteiger partial charge on any atom is -0.390 e. The van der Waals surface area contributed by atoms with Crippen LogP contribution in [-0.4, -0.2) is 84.0 Å². The second-order valence-electron chi connectivity index (χ2n) is 7.47. The van der Waals surface area contributed by atoms with Crippen LogP contribution in [-0.2, 0) is 22.7 Å². The maximum Gasteiger partial charge on any atom is 0.236 e. The number of piperidine rings is 1. The van der Waals surface area contributed by atoms with Gasteiger partial charge in [0.25, 0.3) is 0 Å². The summed E-state index contributed by atoms with van der Waals surface area (Å²) in [6, 6.07) is 7.99. The van der Waals surface area contributed by atoms with Gasteiger partial charge in [-0.25, -0.2) is 0 Å². The summed E-state index contributed by atoms with van der Waals surface area (Å²) in [4.78, 5) is 29.8. The number of aliphatic hydroxyl groups is 1. The van der Waals surface area contributed by atoms with Gasteiger partial charge in [-0.1, -0.05) is 24.3 Å². The van der Waals surface area contributed by atoms with Crippen LogP contribution in [0.3, 0.4) is 0 Å². The van der Waals surface area contributed by atoms with E-state index in [-0.39, 0.29) is 17.9 Å². The fourth-order valence-electron chi connectivity index (χ4n) is 3.61. The summed E-state index contributed by atoms with van der Waals surface area (Å²) < 4.78 is 0. The van der Waals surface area contributed by atoms with Crippen LogP contribution in [0.2, 0.25) is 0 Å². The number of benzene rings is 1. The highest BCUT2D eigenvalue weighted by Crippen LogP contribution is 2.21. The van der Waals surface area contributed by atoms with Gasteiger partial charge in [0, 0.05) is 40.3 Å². The van der Waals surface area contributed by atoms with Crippen molar-refractivity contribution in [3.05, 3.63) is 35.4 Å². The monoisotopic (exact) mass is 360 g/mol. The number of amides is 2.